The predicted octanol–water partition coefficient (Wildman–Crippen LogP) is 3.44. The summed E-state index contributed by atoms with van der Waals surface area (Å²) >= 11 is 0. The molecule has 0 amide bonds. The van der Waals surface area contributed by atoms with E-state index in [1.165, 1.54) is 17.3 Å². The molecule has 152 valence electrons. The third kappa shape index (κ3) is 3.11. The molecule has 29 heavy (non-hydrogen) atoms. The molecule has 6 heteroatoms. The van der Waals surface area contributed by atoms with Crippen molar-refractivity contribution in [3.8, 4) is 11.4 Å². The van der Waals surface area contributed by atoms with Crippen molar-refractivity contribution < 1.29 is 9.84 Å². The van der Waals surface area contributed by atoms with Crippen molar-refractivity contribution in [1.82, 2.24) is 14.5 Å². The van der Waals surface area contributed by atoms with E-state index in [-0.39, 0.29) is 6.61 Å². The topological polar surface area (TPSA) is 63.4 Å². The van der Waals surface area contributed by atoms with Crippen molar-refractivity contribution in [2.45, 2.75) is 32.8 Å². The van der Waals surface area contributed by atoms with Gasteiger partial charge < -0.3 is 19.3 Å². The van der Waals surface area contributed by atoms with Crippen molar-refractivity contribution in [2.75, 3.05) is 31.2 Å². The van der Waals surface area contributed by atoms with Crippen LogP contribution >= 0.6 is 0 Å². The molecule has 6 nitrogen and oxygen atoms in total. The Labute approximate surface area is 171 Å². The van der Waals surface area contributed by atoms with Gasteiger partial charge in [-0.25, -0.2) is 9.97 Å². The second-order valence-electron chi connectivity index (χ2n) is 8.52. The number of hydrogen-bond donors (Lipinski definition) is 1. The Morgan fingerprint density at radius 1 is 1.14 bits per heavy atom. The van der Waals surface area contributed by atoms with Crippen LogP contribution in [-0.4, -0.2) is 45.9 Å². The summed E-state index contributed by atoms with van der Waals surface area (Å²) in [5.74, 6) is 0.835. The van der Waals surface area contributed by atoms with Gasteiger partial charge >= 0.3 is 0 Å². The Morgan fingerprint density at radius 2 is 1.93 bits per heavy atom. The van der Waals surface area contributed by atoms with Crippen LogP contribution < -0.4 is 4.90 Å². The van der Waals surface area contributed by atoms with Gasteiger partial charge in [0, 0.05) is 37.6 Å². The minimum absolute atomic E-state index is 0.107. The van der Waals surface area contributed by atoms with E-state index in [4.69, 9.17) is 14.7 Å². The Bertz CT molecular complexity index is 1040. The number of hydrogen-bond acceptors (Lipinski definition) is 5. The fraction of sp³-hybridized carbons (Fsp3) is 0.478. The number of nitrogens with zero attached hydrogens (tertiary/aromatic N) is 4. The van der Waals surface area contributed by atoms with Gasteiger partial charge in [0.1, 0.15) is 11.4 Å². The highest BCUT2D eigenvalue weighted by Gasteiger charge is 2.38. The van der Waals surface area contributed by atoms with Gasteiger partial charge in [0.2, 0.25) is 0 Å². The highest BCUT2D eigenvalue weighted by Crippen LogP contribution is 2.40. The smallest absolute Gasteiger partial charge is 0.153 e. The van der Waals surface area contributed by atoms with E-state index >= 15 is 0 Å². The second-order valence-corrected chi connectivity index (χ2v) is 8.52. The van der Waals surface area contributed by atoms with Gasteiger partial charge in [-0.15, -0.1) is 0 Å². The maximum Gasteiger partial charge on any atom is 0.153 e. The molecule has 2 saturated heterocycles. The average molecular weight is 393 g/mol. The van der Waals surface area contributed by atoms with E-state index in [0.29, 0.717) is 11.1 Å². The number of aromatic nitrogens is 3. The summed E-state index contributed by atoms with van der Waals surface area (Å²) in [6, 6.07) is 10.5. The SMILES string of the molecule is Cc1nc(N2CCC3(CCOC3)CC2)c(CO)nc1-c1cc2ccccc2n1C. The third-order valence-corrected chi connectivity index (χ3v) is 6.77. The third-order valence-electron chi connectivity index (χ3n) is 6.77. The van der Waals surface area contributed by atoms with Crippen molar-refractivity contribution in [3.05, 3.63) is 41.7 Å². The monoisotopic (exact) mass is 392 g/mol. The highest BCUT2D eigenvalue weighted by molar-refractivity contribution is 5.86. The summed E-state index contributed by atoms with van der Waals surface area (Å²) in [5, 5.41) is 11.3. The van der Waals surface area contributed by atoms with Crippen molar-refractivity contribution in [3.63, 3.8) is 0 Å². The van der Waals surface area contributed by atoms with Gasteiger partial charge in [0.15, 0.2) is 5.82 Å². The molecule has 0 unspecified atom stereocenters. The maximum absolute atomic E-state index is 10.1. The molecule has 0 aliphatic carbocycles. The number of para-hydroxylation sites is 1. The molecule has 0 atom stereocenters. The Balaban J connectivity index is 1.49. The lowest BCUT2D eigenvalue weighted by atomic mass is 9.78. The van der Waals surface area contributed by atoms with Crippen LogP contribution in [0, 0.1) is 12.3 Å². The Hall–Kier alpha value is -2.44. The summed E-state index contributed by atoms with van der Waals surface area (Å²) < 4.78 is 7.81. The Kier molecular flexibility index (Phi) is 4.56. The first kappa shape index (κ1) is 18.6. The number of ether oxygens (including phenoxy) is 1. The normalized spacial score (nSPS) is 18.8. The molecule has 3 aromatic rings. The van der Waals surface area contributed by atoms with Crippen LogP contribution in [0.2, 0.25) is 0 Å². The summed E-state index contributed by atoms with van der Waals surface area (Å²) in [6.45, 7) is 5.57. The van der Waals surface area contributed by atoms with Gasteiger partial charge in [-0.3, -0.25) is 0 Å². The molecular formula is C23H28N4O2. The molecule has 2 aromatic heterocycles. The van der Waals surface area contributed by atoms with Gasteiger partial charge in [-0.1, -0.05) is 18.2 Å². The summed E-state index contributed by atoms with van der Waals surface area (Å²) in [7, 11) is 2.05. The lowest BCUT2D eigenvalue weighted by molar-refractivity contribution is 0.133. The number of benzene rings is 1. The molecule has 0 bridgehead atoms. The van der Waals surface area contributed by atoms with Crippen LogP contribution in [0.4, 0.5) is 5.82 Å². The van der Waals surface area contributed by atoms with Crippen molar-refractivity contribution >= 4 is 16.7 Å². The number of piperidine rings is 1. The quantitative estimate of drug-likeness (QED) is 0.740. The van der Waals surface area contributed by atoms with Crippen molar-refractivity contribution in [1.29, 1.82) is 0 Å². The summed E-state index contributed by atoms with van der Waals surface area (Å²) in [6.07, 6.45) is 3.39. The molecule has 2 aliphatic heterocycles. The zero-order valence-electron chi connectivity index (χ0n) is 17.2. The average Bonchev–Trinajstić information content (AvgIpc) is 3.33. The summed E-state index contributed by atoms with van der Waals surface area (Å²) in [5.41, 5.74) is 4.94. The molecule has 0 saturated carbocycles. The van der Waals surface area contributed by atoms with Crippen molar-refractivity contribution in [2.24, 2.45) is 12.5 Å². The van der Waals surface area contributed by atoms with Gasteiger partial charge in [0.25, 0.3) is 0 Å². The van der Waals surface area contributed by atoms with Crippen LogP contribution in [0.25, 0.3) is 22.3 Å². The van der Waals surface area contributed by atoms with E-state index < -0.39 is 0 Å². The lowest BCUT2D eigenvalue weighted by Crippen LogP contribution is -2.41. The minimum Gasteiger partial charge on any atom is -0.390 e. The van der Waals surface area contributed by atoms with Crippen LogP contribution in [0.15, 0.2) is 30.3 Å². The largest absolute Gasteiger partial charge is 0.390 e. The molecule has 1 aromatic carbocycles. The molecule has 4 heterocycles. The van der Waals surface area contributed by atoms with E-state index in [1.54, 1.807) is 0 Å². The molecule has 1 N–H and O–H groups in total. The summed E-state index contributed by atoms with van der Waals surface area (Å²) in [4.78, 5) is 12.1. The second kappa shape index (κ2) is 7.11. The first-order valence-corrected chi connectivity index (χ1v) is 10.5. The molecule has 1 spiro atoms. The zero-order chi connectivity index (χ0) is 20.0. The van der Waals surface area contributed by atoms with E-state index in [9.17, 15) is 5.11 Å². The lowest BCUT2D eigenvalue weighted by Gasteiger charge is -2.39. The van der Waals surface area contributed by atoms with Gasteiger partial charge in [0.05, 0.1) is 24.6 Å². The predicted molar refractivity (Wildman–Crippen MR) is 114 cm³/mol. The van der Waals surface area contributed by atoms with Crippen LogP contribution in [-0.2, 0) is 18.4 Å². The van der Waals surface area contributed by atoms with Gasteiger partial charge in [-0.2, -0.15) is 0 Å². The van der Waals surface area contributed by atoms with E-state index in [0.717, 1.165) is 62.0 Å². The highest BCUT2D eigenvalue weighted by atomic mass is 16.5. The molecule has 2 aliphatic rings. The van der Waals surface area contributed by atoms with E-state index in [2.05, 4.69) is 34.7 Å². The number of fused-ring (bicyclic) bond motifs is 1. The number of aliphatic hydroxyl groups is 1. The maximum atomic E-state index is 10.1. The fourth-order valence-corrected chi connectivity index (χ4v) is 4.90. The van der Waals surface area contributed by atoms with Crippen LogP contribution in [0.3, 0.4) is 0 Å². The first-order chi connectivity index (χ1) is 14.1. The molecular weight excluding hydrogens is 364 g/mol. The molecule has 5 rings (SSSR count). The number of aliphatic hydroxyl groups excluding tert-OH is 1. The number of aryl methyl sites for hydroxylation is 2. The number of rotatable bonds is 3. The first-order valence-electron chi connectivity index (χ1n) is 10.5. The minimum atomic E-state index is -0.107. The standard InChI is InChI=1S/C23H28N4O2/c1-16-21(20-13-17-5-3-4-6-19(17)26(20)2)25-18(14-28)22(24-16)27-10-7-23(8-11-27)9-12-29-15-23/h3-6,13,28H,7-12,14-15H2,1-2H3. The van der Waals surface area contributed by atoms with Crippen LogP contribution in [0.5, 0.6) is 0 Å². The molecule has 0 radical (unpaired) electrons. The Morgan fingerprint density at radius 3 is 2.62 bits per heavy atom. The van der Waals surface area contributed by atoms with Crippen LogP contribution in [0.1, 0.15) is 30.7 Å². The fourth-order valence-electron chi connectivity index (χ4n) is 4.90. The van der Waals surface area contributed by atoms with Gasteiger partial charge in [-0.05, 0) is 43.7 Å². The molecule has 2 fully saturated rings. The van der Waals surface area contributed by atoms with E-state index in [1.807, 2.05) is 19.1 Å². The number of anilines is 1. The zero-order valence-corrected chi connectivity index (χ0v) is 17.2.